The summed E-state index contributed by atoms with van der Waals surface area (Å²) in [4.78, 5) is 28.8. The number of carbonyl (C=O) groups is 2. The number of amides is 1. The SMILES string of the molecule is C=CCOc1ccc([C@H]2/C(=C(\O)c3ccc4c(c3)C[C@@H](C)O4)C(=O)C(=O)N2c2nnc(SCc3ccccc3)s2)cc1OCC. The van der Waals surface area contributed by atoms with E-state index in [1.54, 1.807) is 42.5 Å². The molecule has 1 N–H and O–H groups in total. The fourth-order valence-corrected chi connectivity index (χ4v) is 7.20. The Bertz CT molecular complexity index is 1790. The van der Waals surface area contributed by atoms with Crippen molar-refractivity contribution in [1.82, 2.24) is 10.2 Å². The summed E-state index contributed by atoms with van der Waals surface area (Å²) in [5.74, 6) is 0.422. The molecule has 2 aliphatic heterocycles. The van der Waals surface area contributed by atoms with Gasteiger partial charge in [-0.05, 0) is 60.9 Å². The van der Waals surface area contributed by atoms with Gasteiger partial charge in [0.05, 0.1) is 18.2 Å². The van der Waals surface area contributed by atoms with E-state index in [2.05, 4.69) is 16.8 Å². The topological polar surface area (TPSA) is 111 Å². The van der Waals surface area contributed by atoms with Crippen molar-refractivity contribution in [2.24, 2.45) is 0 Å². The molecule has 45 heavy (non-hydrogen) atoms. The van der Waals surface area contributed by atoms with Gasteiger partial charge in [-0.1, -0.05) is 72.2 Å². The van der Waals surface area contributed by atoms with E-state index < -0.39 is 17.7 Å². The summed E-state index contributed by atoms with van der Waals surface area (Å²) in [7, 11) is 0. The number of aliphatic hydroxyl groups is 1. The number of benzene rings is 3. The molecule has 1 saturated heterocycles. The smallest absolute Gasteiger partial charge is 0.301 e. The summed E-state index contributed by atoms with van der Waals surface area (Å²) >= 11 is 2.70. The molecule has 9 nitrogen and oxygen atoms in total. The van der Waals surface area contributed by atoms with E-state index in [4.69, 9.17) is 14.2 Å². The third-order valence-corrected chi connectivity index (χ3v) is 9.49. The first-order chi connectivity index (χ1) is 21.9. The van der Waals surface area contributed by atoms with Gasteiger partial charge in [0.1, 0.15) is 24.2 Å². The molecule has 1 aromatic heterocycles. The van der Waals surface area contributed by atoms with Gasteiger partial charge in [0, 0.05) is 17.7 Å². The Morgan fingerprint density at radius 3 is 2.71 bits per heavy atom. The molecule has 3 heterocycles. The van der Waals surface area contributed by atoms with Gasteiger partial charge in [-0.2, -0.15) is 0 Å². The van der Waals surface area contributed by atoms with Gasteiger partial charge in [0.15, 0.2) is 15.8 Å². The number of nitrogens with zero attached hydrogens (tertiary/aromatic N) is 3. The van der Waals surface area contributed by atoms with Crippen LogP contribution in [0.2, 0.25) is 0 Å². The highest BCUT2D eigenvalue weighted by Gasteiger charge is 2.48. The zero-order valence-electron chi connectivity index (χ0n) is 24.8. The van der Waals surface area contributed by atoms with Gasteiger partial charge in [0.2, 0.25) is 5.13 Å². The van der Waals surface area contributed by atoms with Gasteiger partial charge in [0.25, 0.3) is 5.78 Å². The number of ether oxygens (including phenoxy) is 3. The van der Waals surface area contributed by atoms with Crippen LogP contribution in [0.4, 0.5) is 5.13 Å². The molecular weight excluding hydrogens is 611 g/mol. The highest BCUT2D eigenvalue weighted by atomic mass is 32.2. The molecular formula is C34H31N3O6S2. The van der Waals surface area contributed by atoms with Crippen LogP contribution in [0, 0.1) is 0 Å². The Morgan fingerprint density at radius 1 is 1.11 bits per heavy atom. The summed E-state index contributed by atoms with van der Waals surface area (Å²) in [5, 5.41) is 20.6. The summed E-state index contributed by atoms with van der Waals surface area (Å²) in [6.45, 7) is 8.16. The maximum Gasteiger partial charge on any atom is 0.301 e. The van der Waals surface area contributed by atoms with Crippen molar-refractivity contribution in [2.75, 3.05) is 18.1 Å². The molecule has 11 heteroatoms. The number of ketones is 1. The van der Waals surface area contributed by atoms with Gasteiger partial charge in [-0.25, -0.2) is 0 Å². The minimum absolute atomic E-state index is 0.00754. The highest BCUT2D eigenvalue weighted by molar-refractivity contribution is 8.00. The van der Waals surface area contributed by atoms with Crippen LogP contribution in [0.5, 0.6) is 17.2 Å². The van der Waals surface area contributed by atoms with E-state index in [0.717, 1.165) is 16.9 Å². The number of aliphatic hydroxyl groups excluding tert-OH is 1. The molecule has 2 atom stereocenters. The van der Waals surface area contributed by atoms with Crippen molar-refractivity contribution < 1.29 is 28.9 Å². The minimum atomic E-state index is -0.999. The second-order valence-electron chi connectivity index (χ2n) is 10.5. The zero-order chi connectivity index (χ0) is 31.5. The predicted octanol–water partition coefficient (Wildman–Crippen LogP) is 6.74. The van der Waals surface area contributed by atoms with Crippen molar-refractivity contribution in [3.63, 3.8) is 0 Å². The van der Waals surface area contributed by atoms with E-state index in [9.17, 15) is 14.7 Å². The van der Waals surface area contributed by atoms with Crippen LogP contribution in [-0.2, 0) is 21.8 Å². The summed E-state index contributed by atoms with van der Waals surface area (Å²) in [6, 6.07) is 19.4. The molecule has 0 radical (unpaired) electrons. The fourth-order valence-electron chi connectivity index (χ4n) is 5.38. The van der Waals surface area contributed by atoms with Crippen LogP contribution in [0.1, 0.15) is 42.1 Å². The first kappa shape index (κ1) is 30.4. The Hall–Kier alpha value is -4.61. The molecule has 1 fully saturated rings. The molecule has 0 bridgehead atoms. The van der Waals surface area contributed by atoms with Crippen molar-refractivity contribution >= 4 is 45.7 Å². The maximum atomic E-state index is 13.8. The lowest BCUT2D eigenvalue weighted by Gasteiger charge is -2.23. The van der Waals surface area contributed by atoms with E-state index >= 15 is 0 Å². The van der Waals surface area contributed by atoms with Gasteiger partial charge < -0.3 is 19.3 Å². The first-order valence-electron chi connectivity index (χ1n) is 14.5. The zero-order valence-corrected chi connectivity index (χ0v) is 26.4. The van der Waals surface area contributed by atoms with Crippen LogP contribution < -0.4 is 19.1 Å². The Balaban J connectivity index is 1.43. The molecule has 2 aliphatic rings. The standard InChI is InChI=1S/C34H31N3O6S2/c1-4-15-42-26-14-11-22(18-27(26)41-5-2)29-28(30(38)23-12-13-25-24(17-23)16-20(3)43-25)31(39)32(40)37(29)33-35-36-34(45-33)44-19-21-9-7-6-8-10-21/h4,6-14,17-18,20,29,38H,1,5,15-16,19H2,2-3H3/b30-28+/t20-,29+/m1/s1. The van der Waals surface area contributed by atoms with Crippen LogP contribution in [0.15, 0.2) is 89.3 Å². The number of fused-ring (bicyclic) bond motifs is 1. The average molecular weight is 642 g/mol. The van der Waals surface area contributed by atoms with Crippen molar-refractivity contribution in [2.45, 2.75) is 42.5 Å². The lowest BCUT2D eigenvalue weighted by Crippen LogP contribution is -2.29. The maximum absolute atomic E-state index is 13.8. The number of rotatable bonds is 11. The number of Topliss-reactive ketones (excluding diaryl/α,β-unsaturated/α-hetero) is 1. The monoisotopic (exact) mass is 641 g/mol. The number of hydrogen-bond donors (Lipinski definition) is 1. The Labute approximate surface area is 269 Å². The van der Waals surface area contributed by atoms with Crippen molar-refractivity contribution in [3.05, 3.63) is 107 Å². The predicted molar refractivity (Wildman–Crippen MR) is 174 cm³/mol. The summed E-state index contributed by atoms with van der Waals surface area (Å²) in [5.41, 5.74) is 2.95. The normalized spacial score (nSPS) is 18.5. The van der Waals surface area contributed by atoms with Crippen LogP contribution in [0.3, 0.4) is 0 Å². The molecule has 3 aromatic carbocycles. The van der Waals surface area contributed by atoms with Gasteiger partial charge in [-0.15, -0.1) is 10.2 Å². The van der Waals surface area contributed by atoms with Crippen LogP contribution in [0.25, 0.3) is 5.76 Å². The summed E-state index contributed by atoms with van der Waals surface area (Å²) in [6.07, 6.45) is 2.31. The fraction of sp³-hybridized carbons (Fsp3) is 0.235. The Morgan fingerprint density at radius 2 is 1.93 bits per heavy atom. The number of carbonyl (C=O) groups excluding carboxylic acids is 2. The minimum Gasteiger partial charge on any atom is -0.507 e. The number of thioether (sulfide) groups is 1. The lowest BCUT2D eigenvalue weighted by atomic mass is 9.94. The van der Waals surface area contributed by atoms with Crippen molar-refractivity contribution in [3.8, 4) is 17.2 Å². The molecule has 0 aliphatic carbocycles. The van der Waals surface area contributed by atoms with E-state index in [0.29, 0.717) is 45.7 Å². The van der Waals surface area contributed by atoms with Crippen LogP contribution in [-0.4, -0.2) is 46.3 Å². The molecule has 0 spiro atoms. The number of hydrogen-bond acceptors (Lipinski definition) is 10. The van der Waals surface area contributed by atoms with Gasteiger partial charge >= 0.3 is 5.91 Å². The quantitative estimate of drug-likeness (QED) is 0.0475. The summed E-state index contributed by atoms with van der Waals surface area (Å²) < 4.78 is 18.1. The molecule has 0 saturated carbocycles. The molecule has 4 aromatic rings. The van der Waals surface area contributed by atoms with Crippen LogP contribution >= 0.6 is 23.1 Å². The lowest BCUT2D eigenvalue weighted by molar-refractivity contribution is -0.132. The Kier molecular flexibility index (Phi) is 8.90. The van der Waals surface area contributed by atoms with Gasteiger partial charge in [-0.3, -0.25) is 14.5 Å². The number of anilines is 1. The third-order valence-electron chi connectivity index (χ3n) is 7.36. The van der Waals surface area contributed by atoms with E-state index in [1.165, 1.54) is 28.0 Å². The first-order valence-corrected chi connectivity index (χ1v) is 16.3. The highest BCUT2D eigenvalue weighted by Crippen LogP contribution is 2.46. The molecule has 6 rings (SSSR count). The van der Waals surface area contributed by atoms with E-state index in [1.807, 2.05) is 44.2 Å². The molecule has 0 unspecified atom stereocenters. The average Bonchev–Trinajstić information content (AvgIpc) is 3.74. The third kappa shape index (κ3) is 6.18. The second kappa shape index (κ2) is 13.2. The van der Waals surface area contributed by atoms with E-state index in [-0.39, 0.29) is 29.2 Å². The second-order valence-corrected chi connectivity index (χ2v) is 12.7. The number of aromatic nitrogens is 2. The molecule has 1 amide bonds. The molecule has 230 valence electrons. The largest absolute Gasteiger partial charge is 0.507 e. The van der Waals surface area contributed by atoms with Crippen molar-refractivity contribution in [1.29, 1.82) is 0 Å².